The molecule has 0 amide bonds. The summed E-state index contributed by atoms with van der Waals surface area (Å²) in [5.41, 5.74) is 2.96. The average Bonchev–Trinajstić information content (AvgIpc) is 2.38. The van der Waals surface area contributed by atoms with E-state index in [4.69, 9.17) is 12.2 Å². The van der Waals surface area contributed by atoms with Crippen molar-refractivity contribution in [3.05, 3.63) is 41.7 Å². The normalized spacial score (nSPS) is 13.7. The Bertz CT molecular complexity index is 394. The van der Waals surface area contributed by atoms with Gasteiger partial charge in [-0.25, -0.2) is 0 Å². The van der Waals surface area contributed by atoms with Gasteiger partial charge < -0.3 is 5.32 Å². The van der Waals surface area contributed by atoms with Crippen LogP contribution in [0.5, 0.6) is 0 Å². The zero-order valence-corrected chi connectivity index (χ0v) is 7.71. The Morgan fingerprint density at radius 1 is 1.31 bits per heavy atom. The Morgan fingerprint density at radius 3 is 3.00 bits per heavy atom. The number of fused-ring (bicyclic) bond motifs is 1. The van der Waals surface area contributed by atoms with Gasteiger partial charge in [0.1, 0.15) is 0 Å². The summed E-state index contributed by atoms with van der Waals surface area (Å²) in [5, 5.41) is 4.77. The molecule has 1 heterocycles. The molecule has 3 heteroatoms. The van der Waals surface area contributed by atoms with E-state index in [1.807, 2.05) is 30.5 Å². The predicted molar refractivity (Wildman–Crippen MR) is 59.4 cm³/mol. The molecule has 0 radical (unpaired) electrons. The van der Waals surface area contributed by atoms with Crippen molar-refractivity contribution < 1.29 is 0 Å². The third-order valence-electron chi connectivity index (χ3n) is 1.79. The molecule has 64 valence electrons. The summed E-state index contributed by atoms with van der Waals surface area (Å²) in [7, 11) is 0. The minimum Gasteiger partial charge on any atom is -0.353 e. The van der Waals surface area contributed by atoms with E-state index in [1.165, 1.54) is 0 Å². The molecule has 0 saturated carbocycles. The van der Waals surface area contributed by atoms with E-state index in [9.17, 15) is 0 Å². The Hall–Kier alpha value is -1.48. The van der Waals surface area contributed by atoms with Gasteiger partial charge in [0.05, 0.1) is 11.9 Å². The summed E-state index contributed by atoms with van der Waals surface area (Å²) in [6.45, 7) is 0. The van der Waals surface area contributed by atoms with Crippen LogP contribution in [-0.2, 0) is 0 Å². The number of anilines is 1. The zero-order valence-electron chi connectivity index (χ0n) is 6.90. The Kier molecular flexibility index (Phi) is 2.19. The van der Waals surface area contributed by atoms with Crippen LogP contribution in [0, 0.1) is 0 Å². The number of nitrogens with zero attached hydrogens (tertiary/aromatic N) is 1. The first-order chi connectivity index (χ1) is 6.40. The molecule has 0 saturated heterocycles. The highest BCUT2D eigenvalue weighted by Gasteiger charge is 2.02. The van der Waals surface area contributed by atoms with Crippen LogP contribution >= 0.6 is 12.2 Å². The van der Waals surface area contributed by atoms with Crippen LogP contribution in [0.2, 0.25) is 0 Å². The second-order valence-electron chi connectivity index (χ2n) is 2.69. The number of hydrogen-bond acceptors (Lipinski definition) is 3. The lowest BCUT2D eigenvalue weighted by Gasteiger charge is -2.05. The second kappa shape index (κ2) is 3.49. The maximum absolute atomic E-state index is 4.83. The van der Waals surface area contributed by atoms with E-state index in [0.29, 0.717) is 0 Å². The minimum atomic E-state index is 0.844. The number of benzene rings is 1. The van der Waals surface area contributed by atoms with Gasteiger partial charge >= 0.3 is 0 Å². The van der Waals surface area contributed by atoms with Crippen molar-refractivity contribution in [2.75, 3.05) is 5.32 Å². The molecule has 0 unspecified atom stereocenters. The third kappa shape index (κ3) is 1.65. The van der Waals surface area contributed by atoms with E-state index in [-0.39, 0.29) is 0 Å². The number of aliphatic imine (C=N–C) groups is 1. The Morgan fingerprint density at radius 2 is 2.15 bits per heavy atom. The fourth-order valence-corrected chi connectivity index (χ4v) is 1.29. The highest BCUT2D eigenvalue weighted by atomic mass is 32.1. The van der Waals surface area contributed by atoms with E-state index in [1.54, 1.807) is 11.6 Å². The summed E-state index contributed by atoms with van der Waals surface area (Å²) in [5.74, 6) is 0. The molecule has 13 heavy (non-hydrogen) atoms. The quantitative estimate of drug-likeness (QED) is 0.684. The Labute approximate surface area is 82.0 Å². The average molecular weight is 188 g/mol. The maximum atomic E-state index is 4.83. The highest BCUT2D eigenvalue weighted by molar-refractivity contribution is 7.79. The predicted octanol–water partition coefficient (Wildman–Crippen LogP) is 2.37. The summed E-state index contributed by atoms with van der Waals surface area (Å²) in [6, 6.07) is 7.96. The highest BCUT2D eigenvalue weighted by Crippen LogP contribution is 2.16. The molecule has 1 aliphatic rings. The topological polar surface area (TPSA) is 24.4 Å². The van der Waals surface area contributed by atoms with Crippen molar-refractivity contribution >= 4 is 29.5 Å². The lowest BCUT2D eigenvalue weighted by Crippen LogP contribution is -1.99. The standard InChI is InChI=1S/C10H8N2S/c13-7-9-6-11-5-8-3-1-2-4-10(8)12-9/h1-7,12H. The summed E-state index contributed by atoms with van der Waals surface area (Å²) in [4.78, 5) is 4.12. The number of thiocarbonyl (C=S) groups is 1. The number of para-hydroxylation sites is 1. The monoisotopic (exact) mass is 188 g/mol. The summed E-state index contributed by atoms with van der Waals surface area (Å²) < 4.78 is 0. The Balaban J connectivity index is 2.45. The molecule has 0 atom stereocenters. The molecule has 2 nitrogen and oxygen atoms in total. The summed E-state index contributed by atoms with van der Waals surface area (Å²) >= 11 is 4.83. The van der Waals surface area contributed by atoms with Crippen LogP contribution in [0.3, 0.4) is 0 Å². The molecule has 0 aromatic heterocycles. The summed E-state index contributed by atoms with van der Waals surface area (Å²) in [6.07, 6.45) is 3.53. The number of nitrogens with one attached hydrogen (secondary N) is 1. The van der Waals surface area contributed by atoms with Crippen molar-refractivity contribution in [1.29, 1.82) is 0 Å². The second-order valence-corrected chi connectivity index (χ2v) is 2.93. The molecular formula is C10H8N2S. The van der Waals surface area contributed by atoms with E-state index >= 15 is 0 Å². The van der Waals surface area contributed by atoms with Gasteiger partial charge in [0.2, 0.25) is 0 Å². The molecule has 0 fully saturated rings. The van der Waals surface area contributed by atoms with Crippen molar-refractivity contribution in [2.24, 2.45) is 4.99 Å². The van der Waals surface area contributed by atoms with Crippen molar-refractivity contribution in [3.63, 3.8) is 0 Å². The van der Waals surface area contributed by atoms with Gasteiger partial charge in [-0.1, -0.05) is 30.4 Å². The maximum Gasteiger partial charge on any atom is 0.0679 e. The molecule has 1 aliphatic heterocycles. The smallest absolute Gasteiger partial charge is 0.0679 e. The number of hydrogen-bond donors (Lipinski definition) is 1. The fourth-order valence-electron chi connectivity index (χ4n) is 1.17. The molecule has 0 aliphatic carbocycles. The molecule has 1 N–H and O–H groups in total. The van der Waals surface area contributed by atoms with Gasteiger partial charge in [-0.05, 0) is 6.07 Å². The molecule has 1 aromatic carbocycles. The molecular weight excluding hydrogens is 180 g/mol. The molecule has 1 aromatic rings. The van der Waals surface area contributed by atoms with Crippen molar-refractivity contribution in [1.82, 2.24) is 0 Å². The van der Waals surface area contributed by atoms with E-state index < -0.39 is 0 Å². The van der Waals surface area contributed by atoms with Crippen LogP contribution in [0.25, 0.3) is 0 Å². The van der Waals surface area contributed by atoms with Gasteiger partial charge in [0.25, 0.3) is 0 Å². The van der Waals surface area contributed by atoms with Crippen LogP contribution in [0.4, 0.5) is 5.69 Å². The van der Waals surface area contributed by atoms with Gasteiger partial charge in [-0.2, -0.15) is 0 Å². The fraction of sp³-hybridized carbons (Fsp3) is 0. The van der Waals surface area contributed by atoms with Crippen LogP contribution in [0.1, 0.15) is 5.56 Å². The first kappa shape index (κ1) is 8.13. The SMILES string of the molecule is S=CC1=CN=Cc2ccccc2N1. The van der Waals surface area contributed by atoms with Gasteiger partial charge in [-0.15, -0.1) is 0 Å². The van der Waals surface area contributed by atoms with Crippen molar-refractivity contribution in [3.8, 4) is 0 Å². The van der Waals surface area contributed by atoms with Crippen LogP contribution in [-0.4, -0.2) is 11.6 Å². The van der Waals surface area contributed by atoms with Gasteiger partial charge in [0, 0.05) is 22.8 Å². The van der Waals surface area contributed by atoms with Gasteiger partial charge in [-0.3, -0.25) is 4.99 Å². The van der Waals surface area contributed by atoms with Crippen LogP contribution in [0.15, 0.2) is 41.2 Å². The van der Waals surface area contributed by atoms with E-state index in [0.717, 1.165) is 16.9 Å². The van der Waals surface area contributed by atoms with Gasteiger partial charge in [0.15, 0.2) is 0 Å². The lowest BCUT2D eigenvalue weighted by molar-refractivity contribution is 1.50. The van der Waals surface area contributed by atoms with Crippen LogP contribution < -0.4 is 5.32 Å². The zero-order chi connectivity index (χ0) is 9.10. The lowest BCUT2D eigenvalue weighted by atomic mass is 10.2. The minimum absolute atomic E-state index is 0.844. The van der Waals surface area contributed by atoms with Crippen molar-refractivity contribution in [2.45, 2.75) is 0 Å². The largest absolute Gasteiger partial charge is 0.353 e. The molecule has 0 bridgehead atoms. The first-order valence-electron chi connectivity index (χ1n) is 3.95. The third-order valence-corrected chi connectivity index (χ3v) is 2.05. The first-order valence-corrected chi connectivity index (χ1v) is 4.42. The molecule has 0 spiro atoms. The van der Waals surface area contributed by atoms with E-state index in [2.05, 4.69) is 10.3 Å². The number of allylic oxidation sites excluding steroid dienone is 1. The molecule has 2 rings (SSSR count). The number of rotatable bonds is 1.